The summed E-state index contributed by atoms with van der Waals surface area (Å²) in [5.41, 5.74) is 3.61. The highest BCUT2D eigenvalue weighted by atomic mass is 16.3. The number of hydrogen-bond donors (Lipinski definition) is 1. The Hall–Kier alpha value is -1.90. The summed E-state index contributed by atoms with van der Waals surface area (Å²) in [5.74, 6) is 0.942. The minimum atomic E-state index is 0.711. The molecular weight excluding hydrogens is 212 g/mol. The van der Waals surface area contributed by atoms with Crippen molar-refractivity contribution in [2.75, 3.05) is 24.3 Å². The van der Waals surface area contributed by atoms with Crippen LogP contribution in [0.25, 0.3) is 0 Å². The minimum Gasteiger partial charge on any atom is -0.467 e. The molecule has 0 fully saturated rings. The van der Waals surface area contributed by atoms with Gasteiger partial charge in [-0.3, -0.25) is 0 Å². The van der Waals surface area contributed by atoms with Crippen LogP contribution < -0.4 is 10.2 Å². The van der Waals surface area contributed by atoms with Crippen LogP contribution in [0.5, 0.6) is 0 Å². The molecule has 0 radical (unpaired) electrons. The summed E-state index contributed by atoms with van der Waals surface area (Å²) in [6.45, 7) is 2.83. The molecule has 0 aliphatic carbocycles. The second-order valence-corrected chi connectivity index (χ2v) is 4.33. The predicted molar refractivity (Wildman–Crippen MR) is 71.5 cm³/mol. The van der Waals surface area contributed by atoms with Crippen LogP contribution in [0.3, 0.4) is 0 Å². The number of rotatable bonds is 4. The van der Waals surface area contributed by atoms with E-state index in [0.717, 1.165) is 11.4 Å². The smallest absolute Gasteiger partial charge is 0.122 e. The van der Waals surface area contributed by atoms with Crippen LogP contribution >= 0.6 is 0 Å². The first-order valence-corrected chi connectivity index (χ1v) is 5.71. The summed E-state index contributed by atoms with van der Waals surface area (Å²) < 4.78 is 5.28. The van der Waals surface area contributed by atoms with E-state index < -0.39 is 0 Å². The Kier molecular flexibility index (Phi) is 3.38. The maximum atomic E-state index is 5.28. The van der Waals surface area contributed by atoms with Gasteiger partial charge in [-0.05, 0) is 36.8 Å². The molecule has 0 unspecified atom stereocenters. The van der Waals surface area contributed by atoms with E-state index in [9.17, 15) is 0 Å². The minimum absolute atomic E-state index is 0.711. The van der Waals surface area contributed by atoms with Gasteiger partial charge < -0.3 is 14.6 Å². The quantitative estimate of drug-likeness (QED) is 0.873. The van der Waals surface area contributed by atoms with Crippen molar-refractivity contribution in [3.63, 3.8) is 0 Å². The monoisotopic (exact) mass is 230 g/mol. The van der Waals surface area contributed by atoms with Crippen molar-refractivity contribution >= 4 is 11.4 Å². The third kappa shape index (κ3) is 2.81. The summed E-state index contributed by atoms with van der Waals surface area (Å²) in [4.78, 5) is 2.12. The lowest BCUT2D eigenvalue weighted by Gasteiger charge is -2.17. The highest BCUT2D eigenvalue weighted by molar-refractivity contribution is 5.61. The summed E-state index contributed by atoms with van der Waals surface area (Å²) in [7, 11) is 4.11. The Morgan fingerprint density at radius 1 is 1.24 bits per heavy atom. The van der Waals surface area contributed by atoms with Gasteiger partial charge in [-0.1, -0.05) is 6.07 Å². The van der Waals surface area contributed by atoms with E-state index in [0.29, 0.717) is 6.54 Å². The van der Waals surface area contributed by atoms with E-state index in [-0.39, 0.29) is 0 Å². The highest BCUT2D eigenvalue weighted by Crippen LogP contribution is 2.22. The molecule has 1 aromatic heterocycles. The molecule has 0 spiro atoms. The van der Waals surface area contributed by atoms with Gasteiger partial charge in [-0.2, -0.15) is 0 Å². The fourth-order valence-corrected chi connectivity index (χ4v) is 1.80. The Labute approximate surface area is 102 Å². The molecule has 0 saturated heterocycles. The van der Waals surface area contributed by atoms with Gasteiger partial charge in [0.2, 0.25) is 0 Å². The second-order valence-electron chi connectivity index (χ2n) is 4.33. The molecule has 1 N–H and O–H groups in total. The van der Waals surface area contributed by atoms with Crippen LogP contribution in [-0.2, 0) is 6.54 Å². The van der Waals surface area contributed by atoms with Crippen molar-refractivity contribution in [1.82, 2.24) is 0 Å². The third-order valence-corrected chi connectivity index (χ3v) is 2.74. The topological polar surface area (TPSA) is 28.4 Å². The van der Waals surface area contributed by atoms with Gasteiger partial charge in [0.1, 0.15) is 5.76 Å². The Morgan fingerprint density at radius 2 is 2.06 bits per heavy atom. The molecule has 0 atom stereocenters. The lowest BCUT2D eigenvalue weighted by molar-refractivity contribution is 0.518. The Morgan fingerprint density at radius 3 is 2.71 bits per heavy atom. The van der Waals surface area contributed by atoms with Crippen molar-refractivity contribution in [2.45, 2.75) is 13.5 Å². The number of benzene rings is 1. The number of hydrogen-bond acceptors (Lipinski definition) is 3. The van der Waals surface area contributed by atoms with Gasteiger partial charge in [0.25, 0.3) is 0 Å². The van der Waals surface area contributed by atoms with Crippen molar-refractivity contribution < 1.29 is 4.42 Å². The zero-order valence-corrected chi connectivity index (χ0v) is 10.5. The molecule has 3 heteroatoms. The molecule has 2 aromatic rings. The Balaban J connectivity index is 2.09. The summed E-state index contributed by atoms with van der Waals surface area (Å²) in [5, 5.41) is 3.35. The number of furan rings is 1. The molecule has 0 amide bonds. The van der Waals surface area contributed by atoms with Crippen LogP contribution in [0.1, 0.15) is 11.3 Å². The molecule has 1 heterocycles. The van der Waals surface area contributed by atoms with Crippen molar-refractivity contribution in [3.8, 4) is 0 Å². The molecule has 0 aliphatic rings. The molecule has 3 nitrogen and oxygen atoms in total. The van der Waals surface area contributed by atoms with Gasteiger partial charge in [-0.15, -0.1) is 0 Å². The number of nitrogens with zero attached hydrogens (tertiary/aromatic N) is 1. The standard InChI is InChI=1S/C14H18N2O/c1-11-6-7-12(9-14(11)16(2)3)15-10-13-5-4-8-17-13/h4-9,15H,10H2,1-3H3. The first kappa shape index (κ1) is 11.6. The Bertz CT molecular complexity index is 475. The highest BCUT2D eigenvalue weighted by Gasteiger charge is 2.02. The van der Waals surface area contributed by atoms with Crippen LogP contribution in [0.2, 0.25) is 0 Å². The lowest BCUT2D eigenvalue weighted by Crippen LogP contribution is -2.10. The molecule has 17 heavy (non-hydrogen) atoms. The average molecular weight is 230 g/mol. The zero-order valence-electron chi connectivity index (χ0n) is 10.5. The predicted octanol–water partition coefficient (Wildman–Crippen LogP) is 3.27. The van der Waals surface area contributed by atoms with Crippen LogP contribution in [0, 0.1) is 6.92 Å². The molecule has 0 bridgehead atoms. The van der Waals surface area contributed by atoms with E-state index in [1.54, 1.807) is 6.26 Å². The van der Waals surface area contributed by atoms with Gasteiger partial charge in [-0.25, -0.2) is 0 Å². The molecule has 0 aliphatic heterocycles. The maximum Gasteiger partial charge on any atom is 0.122 e. The van der Waals surface area contributed by atoms with E-state index >= 15 is 0 Å². The first-order valence-electron chi connectivity index (χ1n) is 5.71. The molecule has 0 saturated carbocycles. The summed E-state index contributed by atoms with van der Waals surface area (Å²) >= 11 is 0. The SMILES string of the molecule is Cc1ccc(NCc2ccco2)cc1N(C)C. The van der Waals surface area contributed by atoms with E-state index in [4.69, 9.17) is 4.42 Å². The van der Waals surface area contributed by atoms with Crippen molar-refractivity contribution in [3.05, 3.63) is 47.9 Å². The van der Waals surface area contributed by atoms with E-state index in [2.05, 4.69) is 49.4 Å². The van der Waals surface area contributed by atoms with Crippen LogP contribution in [0.15, 0.2) is 41.0 Å². The van der Waals surface area contributed by atoms with Crippen LogP contribution in [-0.4, -0.2) is 14.1 Å². The third-order valence-electron chi connectivity index (χ3n) is 2.74. The normalized spacial score (nSPS) is 10.3. The lowest BCUT2D eigenvalue weighted by atomic mass is 10.1. The molecule has 90 valence electrons. The number of aryl methyl sites for hydroxylation is 1. The first-order chi connectivity index (χ1) is 8.16. The van der Waals surface area contributed by atoms with Crippen LogP contribution in [0.4, 0.5) is 11.4 Å². The zero-order chi connectivity index (χ0) is 12.3. The van der Waals surface area contributed by atoms with Gasteiger partial charge >= 0.3 is 0 Å². The average Bonchev–Trinajstić information content (AvgIpc) is 2.80. The number of nitrogens with one attached hydrogen (secondary N) is 1. The maximum absolute atomic E-state index is 5.28. The van der Waals surface area contributed by atoms with Crippen molar-refractivity contribution in [2.24, 2.45) is 0 Å². The van der Waals surface area contributed by atoms with Gasteiger partial charge in [0.05, 0.1) is 12.8 Å². The van der Waals surface area contributed by atoms with Gasteiger partial charge in [0.15, 0.2) is 0 Å². The fourth-order valence-electron chi connectivity index (χ4n) is 1.80. The number of anilines is 2. The van der Waals surface area contributed by atoms with E-state index in [1.165, 1.54) is 11.3 Å². The summed E-state index contributed by atoms with van der Waals surface area (Å²) in [6.07, 6.45) is 1.69. The molecule has 1 aromatic carbocycles. The molecular formula is C14H18N2O. The van der Waals surface area contributed by atoms with E-state index in [1.807, 2.05) is 12.1 Å². The summed E-state index contributed by atoms with van der Waals surface area (Å²) in [6, 6.07) is 10.2. The largest absolute Gasteiger partial charge is 0.467 e. The second kappa shape index (κ2) is 4.95. The van der Waals surface area contributed by atoms with Gasteiger partial charge in [0, 0.05) is 25.5 Å². The van der Waals surface area contributed by atoms with Crippen molar-refractivity contribution in [1.29, 1.82) is 0 Å². The molecule has 2 rings (SSSR count). The fraction of sp³-hybridized carbons (Fsp3) is 0.286.